The summed E-state index contributed by atoms with van der Waals surface area (Å²) in [5, 5.41) is 22.6. The lowest BCUT2D eigenvalue weighted by atomic mass is 10.1. The Morgan fingerprint density at radius 2 is 0.686 bits per heavy atom. The van der Waals surface area contributed by atoms with E-state index in [4.69, 9.17) is 10.2 Å². The van der Waals surface area contributed by atoms with Crippen molar-refractivity contribution < 1.29 is 48.6 Å². The van der Waals surface area contributed by atoms with Crippen LogP contribution in [0, 0.1) is 23.7 Å². The first-order valence-electron chi connectivity index (χ1n) is 27.3. The zero-order chi connectivity index (χ0) is 51.3. The van der Waals surface area contributed by atoms with Crippen molar-refractivity contribution in [2.24, 2.45) is 23.7 Å². The average molecular weight is 989 g/mol. The second-order valence-corrected chi connectivity index (χ2v) is 19.9. The van der Waals surface area contributed by atoms with E-state index in [-0.39, 0.29) is 111 Å². The van der Waals surface area contributed by atoms with Crippen LogP contribution in [-0.2, 0) is 38.4 Å². The number of likely N-dealkylation sites (tertiary alicyclic amines) is 4. The van der Waals surface area contributed by atoms with Gasteiger partial charge in [0.05, 0.1) is 36.9 Å². The molecule has 70 heavy (non-hydrogen) atoms. The Morgan fingerprint density at radius 1 is 0.429 bits per heavy atom. The van der Waals surface area contributed by atoms with Crippen LogP contribution in [0.5, 0.6) is 0 Å². The average Bonchev–Trinajstić information content (AvgIpc) is 4.14. The molecule has 400 valence electrons. The lowest BCUT2D eigenvalue weighted by Gasteiger charge is -2.27. The maximum Gasteiger partial charge on any atom is 0.227 e. The maximum absolute atomic E-state index is 13.5. The molecule has 18 nitrogen and oxygen atoms in total. The number of carbonyl (C=O) groups excluding carboxylic acids is 8. The molecule has 4 atom stereocenters. The molecule has 4 fully saturated rings. The van der Waals surface area contributed by atoms with Gasteiger partial charge in [-0.25, -0.2) is 0 Å². The van der Waals surface area contributed by atoms with Crippen molar-refractivity contribution in [2.75, 3.05) is 105 Å². The molecule has 8 amide bonds. The van der Waals surface area contributed by atoms with Gasteiger partial charge in [-0.15, -0.1) is 0 Å². The van der Waals surface area contributed by atoms with Gasteiger partial charge >= 0.3 is 0 Å². The smallest absolute Gasteiger partial charge is 0.227 e. The number of nitrogens with one attached hydrogen (secondary N) is 2. The predicted octanol–water partition coefficient (Wildman–Crippen LogP) is 3.56. The number of unbranched alkanes of at least 4 members (excludes halogenated alkanes) is 12. The van der Waals surface area contributed by atoms with Crippen molar-refractivity contribution in [3.8, 4) is 0 Å². The van der Waals surface area contributed by atoms with Gasteiger partial charge in [0, 0.05) is 117 Å². The van der Waals surface area contributed by atoms with Gasteiger partial charge in [-0.1, -0.05) is 105 Å². The second-order valence-electron chi connectivity index (χ2n) is 19.9. The summed E-state index contributed by atoms with van der Waals surface area (Å²) in [6.07, 6.45) is 18.8. The molecular weight excluding hydrogens is 897 g/mol. The molecule has 0 aromatic carbocycles. The number of hydrogen-bond donors (Lipinski definition) is 4. The maximum atomic E-state index is 13.5. The first-order chi connectivity index (χ1) is 33.8. The Kier molecular flexibility index (Phi) is 29.2. The lowest BCUT2D eigenvalue weighted by Crippen LogP contribution is -2.41. The second kappa shape index (κ2) is 34.1. The molecule has 18 heteroatoms. The van der Waals surface area contributed by atoms with E-state index in [0.717, 1.165) is 77.5 Å². The van der Waals surface area contributed by atoms with Crippen LogP contribution in [0.25, 0.3) is 0 Å². The first kappa shape index (κ1) is 60.0. The summed E-state index contributed by atoms with van der Waals surface area (Å²) >= 11 is 0. The highest BCUT2D eigenvalue weighted by Crippen LogP contribution is 2.25. The minimum absolute atomic E-state index is 0.00451. The molecule has 4 saturated heterocycles. The van der Waals surface area contributed by atoms with E-state index < -0.39 is 11.8 Å². The van der Waals surface area contributed by atoms with Gasteiger partial charge in [-0.2, -0.15) is 0 Å². The van der Waals surface area contributed by atoms with Crippen LogP contribution in [0.2, 0.25) is 0 Å². The Morgan fingerprint density at radius 3 is 0.943 bits per heavy atom. The fraction of sp³-hybridized carbons (Fsp3) is 0.846. The molecule has 4 aliphatic heterocycles. The normalized spacial score (nSPS) is 20.1. The van der Waals surface area contributed by atoms with Crippen molar-refractivity contribution in [3.63, 3.8) is 0 Å². The van der Waals surface area contributed by atoms with E-state index in [0.29, 0.717) is 52.4 Å². The highest BCUT2D eigenvalue weighted by molar-refractivity contribution is 5.91. The van der Waals surface area contributed by atoms with Crippen molar-refractivity contribution in [1.29, 1.82) is 0 Å². The molecule has 4 N–H and O–H groups in total. The number of rotatable bonds is 34. The van der Waals surface area contributed by atoms with Crippen molar-refractivity contribution >= 4 is 47.3 Å². The molecule has 0 saturated carbocycles. The molecule has 0 spiro atoms. The summed E-state index contributed by atoms with van der Waals surface area (Å²) in [6, 6.07) is 0. The summed E-state index contributed by atoms with van der Waals surface area (Å²) in [5.41, 5.74) is 0. The molecular formula is C52H92N8O10. The lowest BCUT2D eigenvalue weighted by molar-refractivity contribution is -0.136. The monoisotopic (exact) mass is 989 g/mol. The van der Waals surface area contributed by atoms with Gasteiger partial charge in [0.2, 0.25) is 47.3 Å². The van der Waals surface area contributed by atoms with Crippen LogP contribution in [0.4, 0.5) is 0 Å². The van der Waals surface area contributed by atoms with Crippen LogP contribution in [0.1, 0.15) is 156 Å². The molecule has 0 aliphatic carbocycles. The SMILES string of the molecule is CCCCCCN(CCCCCC)C(=O)C1CC(=O)N(CCN2CC(C(=O)N(CCCCCC)CCCCCC)CC2=O)C1.O=C(NCCO)C1CC(=O)N(CCN2CC(C(=O)NCCO)CC2=O)C1. The first-order valence-corrected chi connectivity index (χ1v) is 27.3. The number of carbonyl (C=O) groups is 8. The Labute approximate surface area is 419 Å². The topological polar surface area (TPSA) is 221 Å². The summed E-state index contributed by atoms with van der Waals surface area (Å²) < 4.78 is 0. The quantitative estimate of drug-likeness (QED) is 0.0687. The molecule has 4 heterocycles. The van der Waals surface area contributed by atoms with E-state index in [2.05, 4.69) is 38.3 Å². The van der Waals surface area contributed by atoms with Crippen molar-refractivity contribution in [2.45, 2.75) is 156 Å². The summed E-state index contributed by atoms with van der Waals surface area (Å²) in [7, 11) is 0. The Balaban J connectivity index is 0.000000422. The van der Waals surface area contributed by atoms with E-state index in [1.807, 2.05) is 9.80 Å². The molecule has 0 bridgehead atoms. The third-order valence-electron chi connectivity index (χ3n) is 14.1. The number of amides is 8. The Hall–Kier alpha value is -4.32. The van der Waals surface area contributed by atoms with Crippen molar-refractivity contribution in [3.05, 3.63) is 0 Å². The number of aliphatic hydroxyl groups is 2. The van der Waals surface area contributed by atoms with Gasteiger partial charge in [0.1, 0.15) is 0 Å². The highest BCUT2D eigenvalue weighted by atomic mass is 16.3. The largest absolute Gasteiger partial charge is 0.395 e. The minimum Gasteiger partial charge on any atom is -0.395 e. The van der Waals surface area contributed by atoms with Gasteiger partial charge in [-0.3, -0.25) is 38.4 Å². The van der Waals surface area contributed by atoms with Gasteiger partial charge in [0.25, 0.3) is 0 Å². The number of aliphatic hydroxyl groups excluding tert-OH is 2. The molecule has 4 aliphatic rings. The van der Waals surface area contributed by atoms with Gasteiger partial charge in [-0.05, 0) is 25.7 Å². The molecule has 4 unspecified atom stereocenters. The van der Waals surface area contributed by atoms with E-state index in [1.165, 1.54) is 51.4 Å². The standard InChI is InChI=1S/C36H66N4O4.C16H26N4O6/c1-5-9-13-17-21-37(22-18-14-10-6-2)35(43)31-27-33(41)39(29-31)25-26-40-30-32(28-34(40)42)36(44)38(23-19-15-11-7-3)24-20-16-12-8-4;21-5-1-17-15(25)11-7-13(23)19(9-11)3-4-20-10-12(8-14(20)24)16(26)18-2-6-22/h31-32H,5-30H2,1-4H3;11-12,21-22H,1-10H2,(H,17,25)(H,18,26). The van der Waals surface area contributed by atoms with Crippen molar-refractivity contribution in [1.82, 2.24) is 40.0 Å². The number of hydrogen-bond acceptors (Lipinski definition) is 10. The molecule has 4 rings (SSSR count). The van der Waals surface area contributed by atoms with Crippen LogP contribution < -0.4 is 10.6 Å². The minimum atomic E-state index is -0.444. The van der Waals surface area contributed by atoms with Crippen LogP contribution in [-0.4, -0.2) is 192 Å². The summed E-state index contributed by atoms with van der Waals surface area (Å²) in [6.45, 7) is 14.9. The van der Waals surface area contributed by atoms with E-state index in [9.17, 15) is 38.4 Å². The zero-order valence-electron chi connectivity index (χ0n) is 43.6. The number of nitrogens with zero attached hydrogens (tertiary/aromatic N) is 6. The fourth-order valence-corrected chi connectivity index (χ4v) is 9.86. The van der Waals surface area contributed by atoms with Crippen LogP contribution in [0.3, 0.4) is 0 Å². The molecule has 0 aromatic heterocycles. The third kappa shape index (κ3) is 20.8. The van der Waals surface area contributed by atoms with E-state index in [1.54, 1.807) is 19.6 Å². The Bertz CT molecular complexity index is 1490. The summed E-state index contributed by atoms with van der Waals surface area (Å²) in [5.74, 6) is -2.02. The predicted molar refractivity (Wildman–Crippen MR) is 269 cm³/mol. The zero-order valence-corrected chi connectivity index (χ0v) is 43.6. The van der Waals surface area contributed by atoms with Gasteiger partial charge in [0.15, 0.2) is 0 Å². The third-order valence-corrected chi connectivity index (χ3v) is 14.1. The van der Waals surface area contributed by atoms with Crippen LogP contribution in [0.15, 0.2) is 0 Å². The van der Waals surface area contributed by atoms with E-state index >= 15 is 0 Å². The van der Waals surface area contributed by atoms with Crippen LogP contribution >= 0.6 is 0 Å². The molecule has 0 radical (unpaired) electrons. The fourth-order valence-electron chi connectivity index (χ4n) is 9.86. The highest BCUT2D eigenvalue weighted by Gasteiger charge is 2.40. The summed E-state index contributed by atoms with van der Waals surface area (Å²) in [4.78, 5) is 111. The molecule has 0 aromatic rings. The van der Waals surface area contributed by atoms with Gasteiger partial charge < -0.3 is 50.2 Å².